The Morgan fingerprint density at radius 3 is 2.38 bits per heavy atom. The van der Waals surface area contributed by atoms with Gasteiger partial charge in [0.1, 0.15) is 0 Å². The fraction of sp³-hybridized carbons (Fsp3) is 0.769. The minimum atomic E-state index is -3.28. The second-order valence-corrected chi connectivity index (χ2v) is 8.65. The molecule has 1 aromatic heterocycles. The summed E-state index contributed by atoms with van der Waals surface area (Å²) in [6.45, 7) is 7.95. The van der Waals surface area contributed by atoms with Crippen molar-refractivity contribution in [2.24, 2.45) is 5.84 Å². The summed E-state index contributed by atoms with van der Waals surface area (Å²) < 4.78 is 24.8. The Kier molecular flexibility index (Phi) is 5.83. The summed E-state index contributed by atoms with van der Waals surface area (Å²) in [5.74, 6) is 5.60. The second-order valence-electron chi connectivity index (χ2n) is 5.68. The topological polar surface area (TPSA) is 90.0 Å². The summed E-state index contributed by atoms with van der Waals surface area (Å²) in [5.41, 5.74) is 4.26. The molecular weight excluding hydrogens is 312 g/mol. The molecule has 1 unspecified atom stereocenters. The molecule has 0 fully saturated rings. The van der Waals surface area contributed by atoms with Crippen molar-refractivity contribution in [2.45, 2.75) is 57.9 Å². The highest BCUT2D eigenvalue weighted by atomic mass is 35.5. The first-order valence-electron chi connectivity index (χ1n) is 6.99. The number of aromatic nitrogens is 2. The van der Waals surface area contributed by atoms with Crippen molar-refractivity contribution in [3.63, 3.8) is 0 Å². The number of hydrogen-bond donors (Lipinski definition) is 2. The zero-order valence-corrected chi connectivity index (χ0v) is 14.8. The lowest BCUT2D eigenvalue weighted by atomic mass is 9.98. The molecule has 0 saturated carbocycles. The molecule has 1 atom stereocenters. The largest absolute Gasteiger partial charge is 0.271 e. The highest BCUT2D eigenvalue weighted by molar-refractivity contribution is 7.92. The SMILES string of the molecule is CCc1nn(CC)c(CC(NN)C(C)(C)S(C)(=O)=O)c1Cl. The molecule has 1 aromatic rings. The molecule has 0 aromatic carbocycles. The van der Waals surface area contributed by atoms with E-state index in [1.54, 1.807) is 13.8 Å². The predicted octanol–water partition coefficient (Wildman–Crippen LogP) is 1.32. The standard InChI is InChI=1S/C13H25ClN4O2S/c1-6-9-12(14)10(18(7-2)17-9)8-11(16-15)13(3,4)21(5,19)20/h11,16H,6-8,15H2,1-5H3. The second kappa shape index (κ2) is 6.64. The number of nitrogens with zero attached hydrogens (tertiary/aromatic N) is 2. The van der Waals surface area contributed by atoms with Gasteiger partial charge in [-0.1, -0.05) is 18.5 Å². The average molecular weight is 337 g/mol. The van der Waals surface area contributed by atoms with Crippen LogP contribution < -0.4 is 11.3 Å². The van der Waals surface area contributed by atoms with Crippen molar-refractivity contribution in [3.05, 3.63) is 16.4 Å². The van der Waals surface area contributed by atoms with Crippen molar-refractivity contribution in [1.29, 1.82) is 0 Å². The Morgan fingerprint density at radius 1 is 1.43 bits per heavy atom. The van der Waals surface area contributed by atoms with E-state index in [2.05, 4.69) is 10.5 Å². The van der Waals surface area contributed by atoms with Gasteiger partial charge in [0.15, 0.2) is 9.84 Å². The molecule has 8 heteroatoms. The summed E-state index contributed by atoms with van der Waals surface area (Å²) in [6.07, 6.45) is 2.35. The number of rotatable bonds is 7. The molecule has 0 saturated heterocycles. The third kappa shape index (κ3) is 3.59. The van der Waals surface area contributed by atoms with Crippen LogP contribution in [0.5, 0.6) is 0 Å². The Morgan fingerprint density at radius 2 is 2.00 bits per heavy atom. The van der Waals surface area contributed by atoms with Crippen molar-refractivity contribution in [2.75, 3.05) is 6.26 Å². The fourth-order valence-corrected chi connectivity index (χ4v) is 3.18. The maximum absolute atomic E-state index is 12.0. The molecule has 21 heavy (non-hydrogen) atoms. The highest BCUT2D eigenvalue weighted by Gasteiger charge is 2.39. The molecule has 0 spiro atoms. The number of nitrogens with two attached hydrogens (primary N) is 1. The molecule has 0 radical (unpaired) electrons. The van der Waals surface area contributed by atoms with Crippen LogP contribution in [0.1, 0.15) is 39.1 Å². The van der Waals surface area contributed by atoms with E-state index in [0.29, 0.717) is 18.0 Å². The summed E-state index contributed by atoms with van der Waals surface area (Å²) in [6, 6.07) is -0.461. The first kappa shape index (κ1) is 18.4. The van der Waals surface area contributed by atoms with Gasteiger partial charge in [-0.15, -0.1) is 0 Å². The maximum Gasteiger partial charge on any atom is 0.154 e. The van der Waals surface area contributed by atoms with Crippen LogP contribution in [0, 0.1) is 0 Å². The number of halogens is 1. The van der Waals surface area contributed by atoms with Crippen LogP contribution in [0.15, 0.2) is 0 Å². The van der Waals surface area contributed by atoms with E-state index in [0.717, 1.165) is 17.8 Å². The van der Waals surface area contributed by atoms with Gasteiger partial charge in [0.2, 0.25) is 0 Å². The van der Waals surface area contributed by atoms with Crippen molar-refractivity contribution >= 4 is 21.4 Å². The maximum atomic E-state index is 12.0. The number of sulfone groups is 1. The van der Waals surface area contributed by atoms with E-state index in [1.807, 2.05) is 18.5 Å². The van der Waals surface area contributed by atoms with Gasteiger partial charge < -0.3 is 0 Å². The molecule has 0 amide bonds. The molecular formula is C13H25ClN4O2S. The lowest BCUT2D eigenvalue weighted by molar-refractivity contribution is 0.403. The van der Waals surface area contributed by atoms with Crippen LogP contribution in [0.25, 0.3) is 0 Å². The van der Waals surface area contributed by atoms with Gasteiger partial charge >= 0.3 is 0 Å². The molecule has 0 aliphatic rings. The molecule has 122 valence electrons. The zero-order chi connectivity index (χ0) is 16.4. The number of aryl methyl sites for hydroxylation is 2. The summed E-state index contributed by atoms with van der Waals surface area (Å²) in [5, 5.41) is 5.05. The van der Waals surface area contributed by atoms with Crippen LogP contribution >= 0.6 is 11.6 Å². The lowest BCUT2D eigenvalue weighted by Crippen LogP contribution is -2.55. The Balaban J connectivity index is 3.22. The fourth-order valence-electron chi connectivity index (χ4n) is 2.17. The van der Waals surface area contributed by atoms with E-state index in [-0.39, 0.29) is 0 Å². The zero-order valence-electron chi connectivity index (χ0n) is 13.3. The molecule has 1 rings (SSSR count). The number of nitrogens with one attached hydrogen (secondary N) is 1. The molecule has 0 aliphatic carbocycles. The minimum Gasteiger partial charge on any atom is -0.271 e. The molecule has 1 heterocycles. The molecule has 6 nitrogen and oxygen atoms in total. The first-order chi connectivity index (χ1) is 9.60. The number of hydrogen-bond acceptors (Lipinski definition) is 5. The Hall–Kier alpha value is -0.630. The average Bonchev–Trinajstić information content (AvgIpc) is 2.70. The summed E-state index contributed by atoms with van der Waals surface area (Å²) >= 11 is 6.37. The van der Waals surface area contributed by atoms with Crippen LogP contribution in [0.4, 0.5) is 0 Å². The Bertz CT molecular complexity index is 596. The van der Waals surface area contributed by atoms with Gasteiger partial charge in [-0.25, -0.2) is 8.42 Å². The first-order valence-corrected chi connectivity index (χ1v) is 9.26. The third-order valence-electron chi connectivity index (χ3n) is 4.09. The monoisotopic (exact) mass is 336 g/mol. The van der Waals surface area contributed by atoms with E-state index >= 15 is 0 Å². The van der Waals surface area contributed by atoms with Gasteiger partial charge in [0, 0.05) is 25.3 Å². The van der Waals surface area contributed by atoms with E-state index in [1.165, 1.54) is 6.26 Å². The van der Waals surface area contributed by atoms with Gasteiger partial charge in [-0.2, -0.15) is 5.10 Å². The van der Waals surface area contributed by atoms with Crippen molar-refractivity contribution in [1.82, 2.24) is 15.2 Å². The van der Waals surface area contributed by atoms with E-state index < -0.39 is 20.6 Å². The van der Waals surface area contributed by atoms with Crippen molar-refractivity contribution in [3.8, 4) is 0 Å². The molecule has 0 bridgehead atoms. The normalized spacial score (nSPS) is 14.4. The van der Waals surface area contributed by atoms with Gasteiger partial charge in [0.05, 0.1) is 21.2 Å². The van der Waals surface area contributed by atoms with Gasteiger partial charge in [-0.3, -0.25) is 16.0 Å². The van der Waals surface area contributed by atoms with Crippen LogP contribution in [0.3, 0.4) is 0 Å². The molecule has 0 aliphatic heterocycles. The van der Waals surface area contributed by atoms with Crippen LogP contribution in [-0.2, 0) is 29.2 Å². The van der Waals surface area contributed by atoms with E-state index in [4.69, 9.17) is 17.4 Å². The van der Waals surface area contributed by atoms with Crippen molar-refractivity contribution < 1.29 is 8.42 Å². The quantitative estimate of drug-likeness (QED) is 0.579. The Labute approximate surface area is 131 Å². The number of hydrazine groups is 1. The van der Waals surface area contributed by atoms with E-state index in [9.17, 15) is 8.42 Å². The predicted molar refractivity (Wildman–Crippen MR) is 86.0 cm³/mol. The smallest absolute Gasteiger partial charge is 0.154 e. The van der Waals surface area contributed by atoms with Crippen LogP contribution in [0.2, 0.25) is 5.02 Å². The summed E-state index contributed by atoms with van der Waals surface area (Å²) in [4.78, 5) is 0. The van der Waals surface area contributed by atoms with Gasteiger partial charge in [-0.05, 0) is 27.2 Å². The van der Waals surface area contributed by atoms with Gasteiger partial charge in [0.25, 0.3) is 0 Å². The third-order valence-corrected chi connectivity index (χ3v) is 6.72. The van der Waals surface area contributed by atoms with Crippen LogP contribution in [-0.4, -0.2) is 35.2 Å². The summed E-state index contributed by atoms with van der Waals surface area (Å²) in [7, 11) is -3.28. The highest BCUT2D eigenvalue weighted by Crippen LogP contribution is 2.27. The minimum absolute atomic E-state index is 0.399. The molecule has 3 N–H and O–H groups in total. The lowest BCUT2D eigenvalue weighted by Gasteiger charge is -2.32.